The molecule has 1 heterocycles. The van der Waals surface area contributed by atoms with Crippen molar-refractivity contribution < 1.29 is 8.81 Å². The molecule has 1 aliphatic rings. The summed E-state index contributed by atoms with van der Waals surface area (Å²) in [7, 11) is 0. The molecular formula is C44H32FNO. The number of fused-ring (bicyclic) bond motifs is 8. The predicted octanol–water partition coefficient (Wildman–Crippen LogP) is 12.2. The molecule has 0 spiro atoms. The van der Waals surface area contributed by atoms with Crippen LogP contribution < -0.4 is 4.90 Å². The van der Waals surface area contributed by atoms with Crippen molar-refractivity contribution in [3.8, 4) is 11.1 Å². The van der Waals surface area contributed by atoms with E-state index in [1.54, 1.807) is 12.1 Å². The van der Waals surface area contributed by atoms with E-state index < -0.39 is 0 Å². The number of para-hydroxylation sites is 3. The molecule has 2 nitrogen and oxygen atoms in total. The van der Waals surface area contributed by atoms with E-state index in [9.17, 15) is 4.39 Å². The molecule has 9 rings (SSSR count). The fourth-order valence-corrected chi connectivity index (χ4v) is 7.69. The van der Waals surface area contributed by atoms with Gasteiger partial charge in [0.2, 0.25) is 0 Å². The Morgan fingerprint density at radius 3 is 2.13 bits per heavy atom. The van der Waals surface area contributed by atoms with Gasteiger partial charge in [-0.25, -0.2) is 4.39 Å². The molecule has 1 aliphatic carbocycles. The molecule has 0 saturated heterocycles. The highest BCUT2D eigenvalue weighted by Gasteiger charge is 2.38. The number of benzene rings is 7. The van der Waals surface area contributed by atoms with Gasteiger partial charge in [0, 0.05) is 39.4 Å². The fraction of sp³-hybridized carbons (Fsp3) is 0.0909. The third kappa shape index (κ3) is 4.30. The van der Waals surface area contributed by atoms with E-state index in [0.29, 0.717) is 0 Å². The van der Waals surface area contributed by atoms with Crippen LogP contribution in [0.3, 0.4) is 0 Å². The molecule has 8 aromatic rings. The van der Waals surface area contributed by atoms with Crippen LogP contribution in [0.1, 0.15) is 36.1 Å². The zero-order chi connectivity index (χ0) is 31.7. The molecule has 47 heavy (non-hydrogen) atoms. The van der Waals surface area contributed by atoms with Crippen LogP contribution in [0, 0.1) is 5.82 Å². The summed E-state index contributed by atoms with van der Waals surface area (Å²) < 4.78 is 21.1. The van der Waals surface area contributed by atoms with Gasteiger partial charge < -0.3 is 9.32 Å². The summed E-state index contributed by atoms with van der Waals surface area (Å²) in [6.07, 6.45) is 0.782. The molecule has 0 aliphatic heterocycles. The van der Waals surface area contributed by atoms with E-state index >= 15 is 0 Å². The van der Waals surface area contributed by atoms with Gasteiger partial charge >= 0.3 is 0 Å². The first-order chi connectivity index (χ1) is 23.0. The van der Waals surface area contributed by atoms with E-state index in [4.69, 9.17) is 4.42 Å². The van der Waals surface area contributed by atoms with Gasteiger partial charge in [0.25, 0.3) is 0 Å². The predicted molar refractivity (Wildman–Crippen MR) is 193 cm³/mol. The summed E-state index contributed by atoms with van der Waals surface area (Å²) in [5, 5.41) is 4.64. The van der Waals surface area contributed by atoms with E-state index in [0.717, 1.165) is 50.8 Å². The Morgan fingerprint density at radius 1 is 0.596 bits per heavy atom. The van der Waals surface area contributed by atoms with E-state index in [2.05, 4.69) is 110 Å². The third-order valence-corrected chi connectivity index (χ3v) is 9.92. The molecule has 0 fully saturated rings. The van der Waals surface area contributed by atoms with Gasteiger partial charge in [-0.3, -0.25) is 0 Å². The normalized spacial score (nSPS) is 13.3. The molecule has 0 atom stereocenters. The summed E-state index contributed by atoms with van der Waals surface area (Å²) >= 11 is 0. The zero-order valence-electron chi connectivity index (χ0n) is 26.3. The van der Waals surface area contributed by atoms with Crippen LogP contribution in [0.15, 0.2) is 150 Å². The van der Waals surface area contributed by atoms with Crippen LogP contribution in [0.25, 0.3) is 43.8 Å². The Labute approximate surface area is 273 Å². The number of halogens is 1. The standard InChI is InChI=1S/C44H32FNO/c1-44(2)38-25-28(24-29-12-10-20-36-34-18-8-9-21-41(34)47-43(29)36)22-23-37(38)42-35-19-7-6-17-33(35)40(27-39(42)44)46(31-14-4-3-5-15-31)32-16-11-13-30(45)26-32/h3-23,25-27H,24H2,1-2H3. The lowest BCUT2D eigenvalue weighted by Gasteiger charge is -2.29. The van der Waals surface area contributed by atoms with Crippen molar-refractivity contribution in [1.82, 2.24) is 0 Å². The van der Waals surface area contributed by atoms with Gasteiger partial charge in [-0.15, -0.1) is 0 Å². The SMILES string of the molecule is CC1(C)c2cc(Cc3cccc4c3oc3ccccc34)ccc2-c2c1cc(N(c1ccccc1)c1cccc(F)c1)c1ccccc21. The average Bonchev–Trinajstić information content (AvgIpc) is 3.58. The van der Waals surface area contributed by atoms with Crippen LogP contribution >= 0.6 is 0 Å². The van der Waals surface area contributed by atoms with E-state index in [1.165, 1.54) is 44.8 Å². The largest absolute Gasteiger partial charge is 0.456 e. The molecular weight excluding hydrogens is 577 g/mol. The quantitative estimate of drug-likeness (QED) is 0.193. The van der Waals surface area contributed by atoms with Crippen molar-refractivity contribution in [2.45, 2.75) is 25.7 Å². The van der Waals surface area contributed by atoms with Crippen molar-refractivity contribution in [3.05, 3.63) is 174 Å². The Morgan fingerprint density at radius 2 is 1.30 bits per heavy atom. The zero-order valence-corrected chi connectivity index (χ0v) is 26.3. The molecule has 7 aromatic carbocycles. The minimum absolute atomic E-state index is 0.255. The van der Waals surface area contributed by atoms with Crippen molar-refractivity contribution in [2.75, 3.05) is 4.90 Å². The van der Waals surface area contributed by atoms with Crippen LogP contribution in [0.4, 0.5) is 21.5 Å². The molecule has 0 radical (unpaired) electrons. The lowest BCUT2D eigenvalue weighted by atomic mass is 9.81. The Kier molecular flexibility index (Phi) is 6.13. The van der Waals surface area contributed by atoms with Gasteiger partial charge in [-0.05, 0) is 81.2 Å². The topological polar surface area (TPSA) is 16.4 Å². The maximum atomic E-state index is 14.7. The van der Waals surface area contributed by atoms with E-state index in [-0.39, 0.29) is 11.2 Å². The summed E-state index contributed by atoms with van der Waals surface area (Å²) in [4.78, 5) is 2.18. The number of hydrogen-bond acceptors (Lipinski definition) is 2. The molecule has 0 N–H and O–H groups in total. The van der Waals surface area contributed by atoms with Crippen LogP contribution in [-0.4, -0.2) is 0 Å². The lowest BCUT2D eigenvalue weighted by molar-refractivity contribution is 0.628. The van der Waals surface area contributed by atoms with Crippen molar-refractivity contribution >= 4 is 49.8 Å². The highest BCUT2D eigenvalue weighted by atomic mass is 19.1. The number of hydrogen-bond donors (Lipinski definition) is 0. The van der Waals surface area contributed by atoms with Gasteiger partial charge in [-0.1, -0.05) is 117 Å². The summed E-state index contributed by atoms with van der Waals surface area (Å²) in [5.41, 5.74) is 12.0. The monoisotopic (exact) mass is 609 g/mol. The minimum atomic E-state index is -0.257. The molecule has 0 saturated carbocycles. The summed E-state index contributed by atoms with van der Waals surface area (Å²) in [6.45, 7) is 4.66. The number of furan rings is 1. The number of nitrogens with zero attached hydrogens (tertiary/aromatic N) is 1. The van der Waals surface area contributed by atoms with Crippen LogP contribution in [0.2, 0.25) is 0 Å². The highest BCUT2D eigenvalue weighted by molar-refractivity contribution is 6.10. The van der Waals surface area contributed by atoms with Crippen molar-refractivity contribution in [1.29, 1.82) is 0 Å². The first kappa shape index (κ1) is 27.6. The Hall–Kier alpha value is -5.67. The molecule has 226 valence electrons. The van der Waals surface area contributed by atoms with Crippen LogP contribution in [0.5, 0.6) is 0 Å². The van der Waals surface area contributed by atoms with E-state index in [1.807, 2.05) is 36.4 Å². The average molecular weight is 610 g/mol. The molecule has 0 amide bonds. The first-order valence-electron chi connectivity index (χ1n) is 16.2. The van der Waals surface area contributed by atoms with Gasteiger partial charge in [0.05, 0.1) is 5.69 Å². The van der Waals surface area contributed by atoms with Gasteiger partial charge in [-0.2, -0.15) is 0 Å². The Bertz CT molecular complexity index is 2490. The number of rotatable bonds is 5. The lowest BCUT2D eigenvalue weighted by Crippen LogP contribution is -2.17. The molecule has 0 unspecified atom stereocenters. The maximum absolute atomic E-state index is 14.7. The smallest absolute Gasteiger partial charge is 0.138 e. The molecule has 0 bridgehead atoms. The number of anilines is 3. The second kappa shape index (κ2) is 10.4. The van der Waals surface area contributed by atoms with Crippen LogP contribution in [-0.2, 0) is 11.8 Å². The van der Waals surface area contributed by atoms with Gasteiger partial charge in [0.15, 0.2) is 0 Å². The van der Waals surface area contributed by atoms with Gasteiger partial charge in [0.1, 0.15) is 17.0 Å². The second-order valence-electron chi connectivity index (χ2n) is 13.1. The minimum Gasteiger partial charge on any atom is -0.456 e. The van der Waals surface area contributed by atoms with Crippen molar-refractivity contribution in [2.24, 2.45) is 0 Å². The third-order valence-electron chi connectivity index (χ3n) is 9.92. The second-order valence-corrected chi connectivity index (χ2v) is 13.1. The fourth-order valence-electron chi connectivity index (χ4n) is 7.69. The summed E-state index contributed by atoms with van der Waals surface area (Å²) in [6, 6.07) is 49.8. The first-order valence-corrected chi connectivity index (χ1v) is 16.2. The maximum Gasteiger partial charge on any atom is 0.138 e. The molecule has 1 aromatic heterocycles. The Balaban J connectivity index is 1.20. The highest BCUT2D eigenvalue weighted by Crippen LogP contribution is 2.54. The molecule has 3 heteroatoms. The summed E-state index contributed by atoms with van der Waals surface area (Å²) in [5.74, 6) is -0.257. The van der Waals surface area contributed by atoms with Crippen molar-refractivity contribution in [3.63, 3.8) is 0 Å².